The number of carbonyl (C=O) groups is 2. The summed E-state index contributed by atoms with van der Waals surface area (Å²) in [4.78, 5) is 24.7. The van der Waals surface area contributed by atoms with Crippen LogP contribution in [0.4, 0.5) is 10.5 Å². The van der Waals surface area contributed by atoms with Crippen LogP contribution in [0.25, 0.3) is 11.1 Å². The summed E-state index contributed by atoms with van der Waals surface area (Å²) in [6, 6.07) is 27.5. The third kappa shape index (κ3) is 5.84. The second-order valence-electron chi connectivity index (χ2n) is 9.68. The van der Waals surface area contributed by atoms with E-state index in [0.717, 1.165) is 27.8 Å². The number of anilines is 1. The SMILES string of the molecule is Cc1ccc(S(=O)(=O)Nc2ccc(CC(NC(=O)OCC3c4ccccc4-c4ccccc43)C(=O)O)cc2)cc1. The van der Waals surface area contributed by atoms with Crippen molar-refractivity contribution in [1.29, 1.82) is 0 Å². The van der Waals surface area contributed by atoms with E-state index in [-0.39, 0.29) is 23.8 Å². The van der Waals surface area contributed by atoms with E-state index in [2.05, 4.69) is 10.0 Å². The van der Waals surface area contributed by atoms with Crippen molar-refractivity contribution < 1.29 is 27.9 Å². The topological polar surface area (TPSA) is 122 Å². The average Bonchev–Trinajstić information content (AvgIpc) is 3.26. The molecular formula is C31H28N2O6S. The van der Waals surface area contributed by atoms with Crippen molar-refractivity contribution in [3.05, 3.63) is 119 Å². The highest BCUT2D eigenvalue weighted by Crippen LogP contribution is 2.44. The molecule has 9 heteroatoms. The third-order valence-electron chi connectivity index (χ3n) is 6.91. The lowest BCUT2D eigenvalue weighted by Gasteiger charge is -2.18. The smallest absolute Gasteiger partial charge is 0.407 e. The molecule has 1 atom stereocenters. The molecule has 0 aliphatic heterocycles. The number of ether oxygens (including phenoxy) is 1. The van der Waals surface area contributed by atoms with Crippen LogP contribution in [0.5, 0.6) is 0 Å². The van der Waals surface area contributed by atoms with E-state index in [0.29, 0.717) is 11.3 Å². The summed E-state index contributed by atoms with van der Waals surface area (Å²) >= 11 is 0. The van der Waals surface area contributed by atoms with Crippen molar-refractivity contribution in [1.82, 2.24) is 5.32 Å². The van der Waals surface area contributed by atoms with Gasteiger partial charge in [0.1, 0.15) is 12.6 Å². The fraction of sp³-hybridized carbons (Fsp3) is 0.161. The summed E-state index contributed by atoms with van der Waals surface area (Å²) in [5.74, 6) is -1.35. The number of carbonyl (C=O) groups excluding carboxylic acids is 1. The molecule has 0 radical (unpaired) electrons. The van der Waals surface area contributed by atoms with Crippen LogP contribution >= 0.6 is 0 Å². The minimum atomic E-state index is -3.76. The molecule has 204 valence electrons. The van der Waals surface area contributed by atoms with Crippen molar-refractivity contribution in [2.75, 3.05) is 11.3 Å². The van der Waals surface area contributed by atoms with E-state index < -0.39 is 28.1 Å². The first-order valence-electron chi connectivity index (χ1n) is 12.7. The Morgan fingerprint density at radius 1 is 0.850 bits per heavy atom. The quantitative estimate of drug-likeness (QED) is 0.256. The van der Waals surface area contributed by atoms with E-state index in [4.69, 9.17) is 4.74 Å². The van der Waals surface area contributed by atoms with Crippen LogP contribution in [-0.4, -0.2) is 38.2 Å². The van der Waals surface area contributed by atoms with Crippen molar-refractivity contribution in [2.45, 2.75) is 30.2 Å². The monoisotopic (exact) mass is 556 g/mol. The second-order valence-corrected chi connectivity index (χ2v) is 11.4. The lowest BCUT2D eigenvalue weighted by molar-refractivity contribution is -0.139. The maximum atomic E-state index is 12.6. The molecule has 4 aromatic carbocycles. The lowest BCUT2D eigenvalue weighted by Crippen LogP contribution is -2.42. The molecule has 5 rings (SSSR count). The number of nitrogens with one attached hydrogen (secondary N) is 2. The zero-order valence-electron chi connectivity index (χ0n) is 21.7. The number of sulfonamides is 1. The maximum absolute atomic E-state index is 12.6. The molecule has 1 aliphatic rings. The molecule has 1 unspecified atom stereocenters. The molecule has 1 amide bonds. The van der Waals surface area contributed by atoms with Gasteiger partial charge in [0.25, 0.3) is 10.0 Å². The second kappa shape index (κ2) is 11.2. The first-order chi connectivity index (χ1) is 19.2. The highest BCUT2D eigenvalue weighted by molar-refractivity contribution is 7.92. The fourth-order valence-electron chi connectivity index (χ4n) is 4.86. The number of fused-ring (bicyclic) bond motifs is 3. The molecule has 0 heterocycles. The highest BCUT2D eigenvalue weighted by atomic mass is 32.2. The Labute approximate surface area is 232 Å². The van der Waals surface area contributed by atoms with Crippen LogP contribution < -0.4 is 10.0 Å². The van der Waals surface area contributed by atoms with Gasteiger partial charge in [-0.1, -0.05) is 78.4 Å². The Hall–Kier alpha value is -4.63. The van der Waals surface area contributed by atoms with Gasteiger partial charge in [0.05, 0.1) is 4.90 Å². The van der Waals surface area contributed by atoms with E-state index in [9.17, 15) is 23.1 Å². The predicted molar refractivity (Wildman–Crippen MR) is 152 cm³/mol. The van der Waals surface area contributed by atoms with Gasteiger partial charge in [-0.25, -0.2) is 18.0 Å². The Bertz CT molecular complexity index is 1600. The van der Waals surface area contributed by atoms with Crippen LogP contribution in [0.15, 0.2) is 102 Å². The van der Waals surface area contributed by atoms with E-state index >= 15 is 0 Å². The van der Waals surface area contributed by atoms with Gasteiger partial charge >= 0.3 is 12.1 Å². The minimum absolute atomic E-state index is 0.00940. The van der Waals surface area contributed by atoms with Crippen LogP contribution in [0, 0.1) is 6.92 Å². The molecule has 3 N–H and O–H groups in total. The summed E-state index contributed by atoms with van der Waals surface area (Å²) in [6.45, 7) is 1.94. The number of hydrogen-bond acceptors (Lipinski definition) is 5. The molecule has 0 fully saturated rings. The van der Waals surface area contributed by atoms with Crippen molar-refractivity contribution in [2.24, 2.45) is 0 Å². The van der Waals surface area contributed by atoms with Gasteiger partial charge in [-0.2, -0.15) is 0 Å². The van der Waals surface area contributed by atoms with E-state index in [1.54, 1.807) is 36.4 Å². The largest absolute Gasteiger partial charge is 0.480 e. The van der Waals surface area contributed by atoms with E-state index in [1.807, 2.05) is 55.5 Å². The number of benzene rings is 4. The highest BCUT2D eigenvalue weighted by Gasteiger charge is 2.30. The summed E-state index contributed by atoms with van der Waals surface area (Å²) in [6.07, 6.45) is -0.832. The van der Waals surface area contributed by atoms with Gasteiger partial charge in [-0.05, 0) is 59.0 Å². The maximum Gasteiger partial charge on any atom is 0.407 e. The first-order valence-corrected chi connectivity index (χ1v) is 14.2. The van der Waals surface area contributed by atoms with Crippen LogP contribution in [0.3, 0.4) is 0 Å². The summed E-state index contributed by atoms with van der Waals surface area (Å²) in [5, 5.41) is 12.2. The molecule has 4 aromatic rings. The van der Waals surface area contributed by atoms with Crippen molar-refractivity contribution in [3.8, 4) is 11.1 Å². The zero-order valence-corrected chi connectivity index (χ0v) is 22.5. The minimum Gasteiger partial charge on any atom is -0.480 e. The first kappa shape index (κ1) is 27.0. The van der Waals surface area contributed by atoms with Gasteiger partial charge in [0.2, 0.25) is 0 Å². The molecule has 8 nitrogen and oxygen atoms in total. The molecule has 0 aromatic heterocycles. The summed E-state index contributed by atoms with van der Waals surface area (Å²) in [5.41, 5.74) is 6.20. The molecular weight excluding hydrogens is 528 g/mol. The Morgan fingerprint density at radius 2 is 1.43 bits per heavy atom. The number of rotatable bonds is 9. The number of amides is 1. The number of aryl methyl sites for hydroxylation is 1. The Kier molecular flexibility index (Phi) is 7.57. The summed E-state index contributed by atoms with van der Waals surface area (Å²) < 4.78 is 33.3. The normalized spacial score (nSPS) is 13.1. The molecule has 0 saturated carbocycles. The van der Waals surface area contributed by atoms with Gasteiger partial charge in [-0.3, -0.25) is 4.72 Å². The molecule has 0 spiro atoms. The van der Waals surface area contributed by atoms with Gasteiger partial charge in [0.15, 0.2) is 0 Å². The lowest BCUT2D eigenvalue weighted by atomic mass is 9.98. The number of hydrogen-bond donors (Lipinski definition) is 3. The predicted octanol–water partition coefficient (Wildman–Crippen LogP) is 5.33. The van der Waals surface area contributed by atoms with Gasteiger partial charge in [0, 0.05) is 18.0 Å². The van der Waals surface area contributed by atoms with E-state index in [1.165, 1.54) is 12.1 Å². The molecule has 40 heavy (non-hydrogen) atoms. The number of alkyl carbamates (subject to hydrolysis) is 1. The molecule has 0 saturated heterocycles. The Balaban J connectivity index is 1.20. The standard InChI is InChI=1S/C31H28N2O6S/c1-20-10-16-23(17-11-20)40(37,38)33-22-14-12-21(13-15-22)18-29(30(34)35)32-31(36)39-19-28-26-8-4-2-6-24(26)25-7-3-5-9-27(25)28/h2-17,28-29,33H,18-19H2,1H3,(H,32,36)(H,34,35). The van der Waals surface area contributed by atoms with Crippen molar-refractivity contribution >= 4 is 27.8 Å². The van der Waals surface area contributed by atoms with Crippen molar-refractivity contribution in [3.63, 3.8) is 0 Å². The van der Waals surface area contributed by atoms with Crippen LogP contribution in [0.1, 0.15) is 28.2 Å². The molecule has 0 bridgehead atoms. The number of aliphatic carboxylic acids is 1. The molecule has 1 aliphatic carbocycles. The van der Waals surface area contributed by atoms with Gasteiger partial charge in [-0.15, -0.1) is 0 Å². The zero-order chi connectivity index (χ0) is 28.3. The number of carboxylic acids is 1. The Morgan fingerprint density at radius 3 is 2.00 bits per heavy atom. The average molecular weight is 557 g/mol. The summed E-state index contributed by atoms with van der Waals surface area (Å²) in [7, 11) is -3.76. The number of carboxylic acid groups (broad SMARTS) is 1. The van der Waals surface area contributed by atoms with Crippen LogP contribution in [0.2, 0.25) is 0 Å². The third-order valence-corrected chi connectivity index (χ3v) is 8.31. The van der Waals surface area contributed by atoms with Gasteiger partial charge < -0.3 is 15.2 Å². The fourth-order valence-corrected chi connectivity index (χ4v) is 5.92. The van der Waals surface area contributed by atoms with Crippen LogP contribution in [-0.2, 0) is 26.0 Å².